The lowest BCUT2D eigenvalue weighted by Gasteiger charge is -2.09. The van der Waals surface area contributed by atoms with Crippen molar-refractivity contribution in [1.29, 1.82) is 0 Å². The van der Waals surface area contributed by atoms with Gasteiger partial charge in [0.05, 0.1) is 24.6 Å². The van der Waals surface area contributed by atoms with Crippen LogP contribution in [-0.2, 0) is 10.0 Å². The minimum absolute atomic E-state index is 0.0322. The normalized spacial score (nSPS) is 10.6. The molecule has 0 radical (unpaired) electrons. The number of sulfonamides is 1. The Morgan fingerprint density at radius 1 is 1.29 bits per heavy atom. The first-order valence-corrected chi connectivity index (χ1v) is 7.27. The summed E-state index contributed by atoms with van der Waals surface area (Å²) in [5.74, 6) is 4.46. The van der Waals surface area contributed by atoms with Gasteiger partial charge < -0.3 is 5.73 Å². The zero-order chi connectivity index (χ0) is 15.3. The van der Waals surface area contributed by atoms with Crippen molar-refractivity contribution in [3.8, 4) is 11.8 Å². The molecule has 0 aliphatic rings. The largest absolute Gasteiger partial charge is 0.320 e. The number of aromatic nitrogens is 2. The van der Waals surface area contributed by atoms with Crippen LogP contribution in [0.1, 0.15) is 5.56 Å². The summed E-state index contributed by atoms with van der Waals surface area (Å²) in [7, 11) is -3.93. The molecule has 1 aromatic carbocycles. The van der Waals surface area contributed by atoms with E-state index in [1.54, 1.807) is 0 Å². The van der Waals surface area contributed by atoms with Crippen LogP contribution in [0.15, 0.2) is 41.8 Å². The second-order valence-corrected chi connectivity index (χ2v) is 5.53. The molecule has 3 N–H and O–H groups in total. The van der Waals surface area contributed by atoms with Crippen molar-refractivity contribution in [2.75, 3.05) is 11.3 Å². The van der Waals surface area contributed by atoms with Crippen molar-refractivity contribution in [3.63, 3.8) is 0 Å². The van der Waals surface area contributed by atoms with E-state index < -0.39 is 15.8 Å². The summed E-state index contributed by atoms with van der Waals surface area (Å²) in [6, 6.07) is 3.23. The number of halogens is 1. The van der Waals surface area contributed by atoms with Gasteiger partial charge in [0.1, 0.15) is 17.0 Å². The number of benzene rings is 1. The molecule has 0 bridgehead atoms. The van der Waals surface area contributed by atoms with Gasteiger partial charge in [-0.15, -0.1) is 0 Å². The van der Waals surface area contributed by atoms with Crippen LogP contribution in [0.25, 0.3) is 0 Å². The third-order valence-electron chi connectivity index (χ3n) is 2.37. The first-order valence-electron chi connectivity index (χ1n) is 5.79. The minimum Gasteiger partial charge on any atom is -0.320 e. The Morgan fingerprint density at radius 2 is 2.00 bits per heavy atom. The summed E-state index contributed by atoms with van der Waals surface area (Å²) in [6.45, 7) is 0.0377. The lowest BCUT2D eigenvalue weighted by molar-refractivity contribution is 0.599. The third-order valence-corrected chi connectivity index (χ3v) is 3.81. The van der Waals surface area contributed by atoms with Crippen LogP contribution in [0.3, 0.4) is 0 Å². The van der Waals surface area contributed by atoms with Crippen LogP contribution in [-0.4, -0.2) is 24.9 Å². The molecule has 8 heteroatoms. The van der Waals surface area contributed by atoms with Gasteiger partial charge in [-0.25, -0.2) is 22.8 Å². The lowest BCUT2D eigenvalue weighted by Crippen LogP contribution is -2.15. The monoisotopic (exact) mass is 306 g/mol. The maximum absolute atomic E-state index is 13.3. The molecule has 1 heterocycles. The van der Waals surface area contributed by atoms with E-state index in [2.05, 4.69) is 26.5 Å². The van der Waals surface area contributed by atoms with Crippen molar-refractivity contribution in [2.45, 2.75) is 4.90 Å². The number of hydrogen-bond donors (Lipinski definition) is 2. The Kier molecular flexibility index (Phi) is 4.47. The quantitative estimate of drug-likeness (QED) is 0.815. The molecule has 0 unspecified atom stereocenters. The molecule has 0 saturated carbocycles. The fraction of sp³-hybridized carbons (Fsp3) is 0.0769. The summed E-state index contributed by atoms with van der Waals surface area (Å²) in [5, 5.41) is 0. The molecule has 2 aromatic rings. The van der Waals surface area contributed by atoms with Crippen LogP contribution >= 0.6 is 0 Å². The van der Waals surface area contributed by atoms with E-state index in [4.69, 9.17) is 5.73 Å². The number of nitrogens with two attached hydrogens (primary N) is 1. The highest BCUT2D eigenvalue weighted by molar-refractivity contribution is 7.92. The van der Waals surface area contributed by atoms with E-state index in [1.807, 2.05) is 0 Å². The van der Waals surface area contributed by atoms with Gasteiger partial charge in [-0.05, 0) is 18.2 Å². The maximum Gasteiger partial charge on any atom is 0.263 e. The van der Waals surface area contributed by atoms with Gasteiger partial charge in [0.25, 0.3) is 10.0 Å². The Labute approximate surface area is 121 Å². The van der Waals surface area contributed by atoms with Gasteiger partial charge >= 0.3 is 0 Å². The molecule has 1 aromatic heterocycles. The molecule has 108 valence electrons. The SMILES string of the molecule is NCC#Cc1cc(F)ccc1S(=O)(=O)Nc1cncnc1. The number of hydrogen-bond acceptors (Lipinski definition) is 5. The van der Waals surface area contributed by atoms with Crippen molar-refractivity contribution in [3.05, 3.63) is 48.3 Å². The number of anilines is 1. The van der Waals surface area contributed by atoms with Gasteiger partial charge in [0, 0.05) is 5.56 Å². The maximum atomic E-state index is 13.3. The molecule has 2 rings (SSSR count). The van der Waals surface area contributed by atoms with E-state index in [1.165, 1.54) is 18.7 Å². The second kappa shape index (κ2) is 6.30. The summed E-state index contributed by atoms with van der Waals surface area (Å²) < 4.78 is 40.2. The van der Waals surface area contributed by atoms with Crippen LogP contribution in [0, 0.1) is 17.7 Å². The predicted molar refractivity (Wildman–Crippen MR) is 75.2 cm³/mol. The van der Waals surface area contributed by atoms with Gasteiger partial charge in [-0.3, -0.25) is 4.72 Å². The molecule has 0 spiro atoms. The molecule has 6 nitrogen and oxygen atoms in total. The lowest BCUT2D eigenvalue weighted by atomic mass is 10.2. The summed E-state index contributed by atoms with van der Waals surface area (Å²) in [5.41, 5.74) is 5.47. The van der Waals surface area contributed by atoms with Gasteiger partial charge in [-0.1, -0.05) is 11.8 Å². The van der Waals surface area contributed by atoms with E-state index in [-0.39, 0.29) is 22.7 Å². The van der Waals surface area contributed by atoms with Crippen LogP contribution in [0.4, 0.5) is 10.1 Å². The molecule has 0 atom stereocenters. The minimum atomic E-state index is -3.93. The third kappa shape index (κ3) is 3.75. The first kappa shape index (κ1) is 14.9. The molecule has 21 heavy (non-hydrogen) atoms. The Morgan fingerprint density at radius 3 is 2.67 bits per heavy atom. The summed E-state index contributed by atoms with van der Waals surface area (Å²) >= 11 is 0. The smallest absolute Gasteiger partial charge is 0.263 e. The second-order valence-electron chi connectivity index (χ2n) is 3.88. The molecular formula is C13H11FN4O2S. The molecular weight excluding hydrogens is 295 g/mol. The van der Waals surface area contributed by atoms with Gasteiger partial charge in [-0.2, -0.15) is 0 Å². The average molecular weight is 306 g/mol. The van der Waals surface area contributed by atoms with Crippen molar-refractivity contribution in [2.24, 2.45) is 5.73 Å². The Bertz CT molecular complexity index is 798. The molecule has 0 amide bonds. The molecule has 0 saturated heterocycles. The highest BCUT2D eigenvalue weighted by atomic mass is 32.2. The highest BCUT2D eigenvalue weighted by Crippen LogP contribution is 2.19. The summed E-state index contributed by atoms with van der Waals surface area (Å²) in [6.07, 6.45) is 3.88. The summed E-state index contributed by atoms with van der Waals surface area (Å²) in [4.78, 5) is 7.27. The zero-order valence-electron chi connectivity index (χ0n) is 10.7. The number of nitrogens with one attached hydrogen (secondary N) is 1. The van der Waals surface area contributed by atoms with Gasteiger partial charge in [0.2, 0.25) is 0 Å². The average Bonchev–Trinajstić information content (AvgIpc) is 2.45. The van der Waals surface area contributed by atoms with Gasteiger partial charge in [0.15, 0.2) is 0 Å². The molecule has 0 aliphatic heterocycles. The topological polar surface area (TPSA) is 98.0 Å². The van der Waals surface area contributed by atoms with Crippen LogP contribution in [0.2, 0.25) is 0 Å². The standard InChI is InChI=1S/C13H11FN4O2S/c14-11-3-4-13(10(6-11)2-1-5-15)21(19,20)18-12-7-16-9-17-8-12/h3-4,6-9,18H,5,15H2. The molecule has 0 aliphatic carbocycles. The van der Waals surface area contributed by atoms with Crippen molar-refractivity contribution in [1.82, 2.24) is 9.97 Å². The highest BCUT2D eigenvalue weighted by Gasteiger charge is 2.18. The van der Waals surface area contributed by atoms with E-state index in [9.17, 15) is 12.8 Å². The van der Waals surface area contributed by atoms with E-state index in [0.717, 1.165) is 18.2 Å². The van der Waals surface area contributed by atoms with E-state index >= 15 is 0 Å². The Balaban J connectivity index is 2.45. The fourth-order valence-electron chi connectivity index (χ4n) is 1.54. The number of rotatable bonds is 3. The zero-order valence-corrected chi connectivity index (χ0v) is 11.6. The predicted octanol–water partition coefficient (Wildman–Crippen LogP) is 0.727. The van der Waals surface area contributed by atoms with E-state index in [0.29, 0.717) is 0 Å². The van der Waals surface area contributed by atoms with Crippen molar-refractivity contribution >= 4 is 15.7 Å². The van der Waals surface area contributed by atoms with Crippen molar-refractivity contribution < 1.29 is 12.8 Å². The molecule has 0 fully saturated rings. The van der Waals surface area contributed by atoms with Crippen LogP contribution < -0.4 is 10.5 Å². The first-order chi connectivity index (χ1) is 10.0. The number of nitrogens with zero attached hydrogens (tertiary/aromatic N) is 2. The van der Waals surface area contributed by atoms with Crippen LogP contribution in [0.5, 0.6) is 0 Å². The Hall–Kier alpha value is -2.50. The fourth-order valence-corrected chi connectivity index (χ4v) is 2.71.